The van der Waals surface area contributed by atoms with Crippen LogP contribution >= 0.6 is 0 Å². The van der Waals surface area contributed by atoms with Crippen molar-refractivity contribution in [1.29, 1.82) is 0 Å². The van der Waals surface area contributed by atoms with Crippen LogP contribution in [0.15, 0.2) is 34.9 Å². The number of likely N-dealkylation sites (tertiary alicyclic amines) is 2. The Morgan fingerprint density at radius 3 is 2.40 bits per heavy atom. The van der Waals surface area contributed by atoms with Gasteiger partial charge in [0.1, 0.15) is 11.3 Å². The maximum absolute atomic E-state index is 13.0. The molecule has 160 valence electrons. The second kappa shape index (κ2) is 7.84. The van der Waals surface area contributed by atoms with Crippen LogP contribution < -0.4 is 0 Å². The molecule has 5 nitrogen and oxygen atoms in total. The fraction of sp³-hybridized carbons (Fsp3) is 0.600. The predicted octanol–water partition coefficient (Wildman–Crippen LogP) is 4.90. The SMILES string of the molecule is Cc1noc(C)c1C(=O)N1CCC(N2CC3(CCCCC3)C2c2ccccc2)CC1. The number of nitrogens with zero attached hydrogens (tertiary/aromatic N) is 3. The third-order valence-corrected chi connectivity index (χ3v) is 7.84. The van der Waals surface area contributed by atoms with E-state index in [9.17, 15) is 4.79 Å². The number of amides is 1. The summed E-state index contributed by atoms with van der Waals surface area (Å²) in [6.07, 6.45) is 8.98. The smallest absolute Gasteiger partial charge is 0.259 e. The Hall–Kier alpha value is -2.14. The first-order valence-electron chi connectivity index (χ1n) is 11.6. The van der Waals surface area contributed by atoms with Crippen molar-refractivity contribution in [2.45, 2.75) is 70.9 Å². The molecule has 1 atom stereocenters. The van der Waals surface area contributed by atoms with Gasteiger partial charge in [0.25, 0.3) is 5.91 Å². The highest BCUT2D eigenvalue weighted by Gasteiger charge is 2.55. The molecular formula is C25H33N3O2. The minimum atomic E-state index is 0.0802. The molecular weight excluding hydrogens is 374 g/mol. The number of hydrogen-bond donors (Lipinski definition) is 0. The van der Waals surface area contributed by atoms with Gasteiger partial charge in [0.15, 0.2) is 0 Å². The Morgan fingerprint density at radius 1 is 1.07 bits per heavy atom. The first-order chi connectivity index (χ1) is 14.6. The van der Waals surface area contributed by atoms with Crippen molar-refractivity contribution < 1.29 is 9.32 Å². The number of carbonyl (C=O) groups excluding carboxylic acids is 1. The molecule has 1 spiro atoms. The summed E-state index contributed by atoms with van der Waals surface area (Å²) in [4.78, 5) is 17.8. The van der Waals surface area contributed by atoms with Crippen molar-refractivity contribution in [2.75, 3.05) is 19.6 Å². The maximum atomic E-state index is 13.0. The molecule has 5 rings (SSSR count). The van der Waals surface area contributed by atoms with Gasteiger partial charge in [-0.25, -0.2) is 0 Å². The summed E-state index contributed by atoms with van der Waals surface area (Å²) in [6.45, 7) is 6.55. The Morgan fingerprint density at radius 2 is 1.77 bits per heavy atom. The van der Waals surface area contributed by atoms with Gasteiger partial charge in [0.05, 0.1) is 5.69 Å². The number of rotatable bonds is 3. The van der Waals surface area contributed by atoms with E-state index in [1.54, 1.807) is 0 Å². The van der Waals surface area contributed by atoms with Crippen LogP contribution in [0.4, 0.5) is 0 Å². The van der Waals surface area contributed by atoms with Gasteiger partial charge in [0, 0.05) is 37.1 Å². The van der Waals surface area contributed by atoms with Crippen LogP contribution in [0.25, 0.3) is 0 Å². The molecule has 1 aromatic heterocycles. The van der Waals surface area contributed by atoms with Gasteiger partial charge in [-0.05, 0) is 45.1 Å². The van der Waals surface area contributed by atoms with Crippen molar-refractivity contribution in [3.63, 3.8) is 0 Å². The fourth-order valence-electron chi connectivity index (χ4n) is 6.34. The topological polar surface area (TPSA) is 49.6 Å². The van der Waals surface area contributed by atoms with Gasteiger partial charge in [-0.1, -0.05) is 54.8 Å². The fourth-order valence-corrected chi connectivity index (χ4v) is 6.34. The summed E-state index contributed by atoms with van der Waals surface area (Å²) in [5.41, 5.74) is 3.31. The zero-order valence-electron chi connectivity index (χ0n) is 18.3. The predicted molar refractivity (Wildman–Crippen MR) is 116 cm³/mol. The lowest BCUT2D eigenvalue weighted by Crippen LogP contribution is -2.63. The van der Waals surface area contributed by atoms with Crippen molar-refractivity contribution >= 4 is 5.91 Å². The summed E-state index contributed by atoms with van der Waals surface area (Å²) >= 11 is 0. The van der Waals surface area contributed by atoms with Crippen LogP contribution in [0, 0.1) is 19.3 Å². The highest BCUT2D eigenvalue weighted by Crippen LogP contribution is 2.58. The third-order valence-electron chi connectivity index (χ3n) is 7.84. The number of carbonyl (C=O) groups is 1. The molecule has 3 fully saturated rings. The van der Waals surface area contributed by atoms with Gasteiger partial charge in [-0.3, -0.25) is 9.69 Å². The summed E-state index contributed by atoms with van der Waals surface area (Å²) in [6, 6.07) is 12.3. The second-order valence-corrected chi connectivity index (χ2v) is 9.63. The lowest BCUT2D eigenvalue weighted by molar-refractivity contribution is -0.132. The van der Waals surface area contributed by atoms with E-state index in [0.29, 0.717) is 34.5 Å². The molecule has 2 saturated heterocycles. The van der Waals surface area contributed by atoms with Crippen molar-refractivity contribution in [1.82, 2.24) is 15.0 Å². The Balaban J connectivity index is 1.29. The van der Waals surface area contributed by atoms with Crippen molar-refractivity contribution in [2.24, 2.45) is 5.41 Å². The standard InChI is InChI=1S/C25H33N3O2/c1-18-22(19(2)30-26-18)24(29)27-15-11-21(12-16-27)28-17-25(13-7-4-8-14-25)23(28)20-9-5-3-6-10-20/h3,5-6,9-10,21,23H,4,7-8,11-17H2,1-2H3. The molecule has 2 aliphatic heterocycles. The number of benzene rings is 1. The molecule has 1 saturated carbocycles. The number of piperidine rings is 1. The maximum Gasteiger partial charge on any atom is 0.259 e. The highest BCUT2D eigenvalue weighted by molar-refractivity contribution is 5.96. The highest BCUT2D eigenvalue weighted by atomic mass is 16.5. The van der Waals surface area contributed by atoms with E-state index in [1.165, 1.54) is 44.2 Å². The molecule has 0 bridgehead atoms. The van der Waals surface area contributed by atoms with E-state index < -0.39 is 0 Å². The lowest BCUT2D eigenvalue weighted by Gasteiger charge is -2.63. The molecule has 2 aromatic rings. The molecule has 1 unspecified atom stereocenters. The summed E-state index contributed by atoms with van der Waals surface area (Å²) in [5.74, 6) is 0.711. The molecule has 1 aromatic carbocycles. The van der Waals surface area contributed by atoms with E-state index in [4.69, 9.17) is 4.52 Å². The van der Waals surface area contributed by atoms with Crippen LogP contribution in [0.1, 0.15) is 78.4 Å². The first kappa shape index (κ1) is 19.8. The number of hydrogen-bond acceptors (Lipinski definition) is 4. The van der Waals surface area contributed by atoms with Gasteiger partial charge in [-0.15, -0.1) is 0 Å². The van der Waals surface area contributed by atoms with E-state index in [2.05, 4.69) is 40.4 Å². The third kappa shape index (κ3) is 3.27. The Kier molecular flexibility index (Phi) is 5.18. The van der Waals surface area contributed by atoms with Gasteiger partial charge >= 0.3 is 0 Å². The zero-order valence-corrected chi connectivity index (χ0v) is 18.3. The van der Waals surface area contributed by atoms with Crippen molar-refractivity contribution in [3.8, 4) is 0 Å². The van der Waals surface area contributed by atoms with Crippen LogP contribution in [0.5, 0.6) is 0 Å². The van der Waals surface area contributed by atoms with E-state index in [1.807, 2.05) is 18.7 Å². The first-order valence-corrected chi connectivity index (χ1v) is 11.6. The molecule has 0 radical (unpaired) electrons. The van der Waals surface area contributed by atoms with Crippen LogP contribution in [0.3, 0.4) is 0 Å². The monoisotopic (exact) mass is 407 g/mol. The van der Waals surface area contributed by atoms with E-state index >= 15 is 0 Å². The second-order valence-electron chi connectivity index (χ2n) is 9.63. The Labute approximate surface area is 179 Å². The lowest BCUT2D eigenvalue weighted by atomic mass is 9.60. The molecule has 3 aliphatic rings. The van der Waals surface area contributed by atoms with Crippen LogP contribution in [-0.4, -0.2) is 46.5 Å². The average molecular weight is 408 g/mol. The van der Waals surface area contributed by atoms with Crippen LogP contribution in [0.2, 0.25) is 0 Å². The molecule has 1 aliphatic carbocycles. The number of aromatic nitrogens is 1. The molecule has 5 heteroatoms. The summed E-state index contributed by atoms with van der Waals surface area (Å²) in [5, 5.41) is 3.96. The van der Waals surface area contributed by atoms with E-state index in [-0.39, 0.29) is 5.91 Å². The Bertz CT molecular complexity index is 873. The molecule has 3 heterocycles. The van der Waals surface area contributed by atoms with Gasteiger partial charge in [-0.2, -0.15) is 0 Å². The summed E-state index contributed by atoms with van der Waals surface area (Å²) < 4.78 is 5.21. The molecule has 1 amide bonds. The van der Waals surface area contributed by atoms with Crippen LogP contribution in [-0.2, 0) is 0 Å². The number of aryl methyl sites for hydroxylation is 2. The largest absolute Gasteiger partial charge is 0.361 e. The zero-order chi connectivity index (χ0) is 20.7. The van der Waals surface area contributed by atoms with Gasteiger partial charge in [0.2, 0.25) is 0 Å². The summed E-state index contributed by atoms with van der Waals surface area (Å²) in [7, 11) is 0. The molecule has 30 heavy (non-hydrogen) atoms. The molecule has 0 N–H and O–H groups in total. The average Bonchev–Trinajstić information content (AvgIpc) is 3.11. The normalized spacial score (nSPS) is 24.7. The van der Waals surface area contributed by atoms with Gasteiger partial charge < -0.3 is 9.42 Å². The van der Waals surface area contributed by atoms with Crippen molar-refractivity contribution in [3.05, 3.63) is 52.9 Å². The minimum absolute atomic E-state index is 0.0802. The minimum Gasteiger partial charge on any atom is -0.361 e. The van der Waals surface area contributed by atoms with E-state index in [0.717, 1.165) is 25.9 Å². The quantitative estimate of drug-likeness (QED) is 0.726.